The molecule has 2 N–H and O–H groups in total. The van der Waals surface area contributed by atoms with Gasteiger partial charge in [-0.25, -0.2) is 16.8 Å². The van der Waals surface area contributed by atoms with Gasteiger partial charge in [-0.1, -0.05) is 36.4 Å². The lowest BCUT2D eigenvalue weighted by molar-refractivity contribution is -0.114. The van der Waals surface area contributed by atoms with Gasteiger partial charge >= 0.3 is 0 Å². The van der Waals surface area contributed by atoms with E-state index in [2.05, 4.69) is 10.0 Å². The van der Waals surface area contributed by atoms with Crippen LogP contribution in [0.4, 0.5) is 17.1 Å². The van der Waals surface area contributed by atoms with Crippen molar-refractivity contribution in [1.29, 1.82) is 0 Å². The van der Waals surface area contributed by atoms with E-state index in [0.29, 0.717) is 29.4 Å². The minimum atomic E-state index is -4.10. The smallest absolute Gasteiger partial charge is 0.264 e. The van der Waals surface area contributed by atoms with Crippen molar-refractivity contribution >= 4 is 43.0 Å². The number of sulfonamides is 2. The summed E-state index contributed by atoms with van der Waals surface area (Å²) in [4.78, 5) is 13.0. The predicted molar refractivity (Wildman–Crippen MR) is 151 cm³/mol. The van der Waals surface area contributed by atoms with Gasteiger partial charge in [0, 0.05) is 11.4 Å². The van der Waals surface area contributed by atoms with E-state index in [0.717, 1.165) is 4.31 Å². The summed E-state index contributed by atoms with van der Waals surface area (Å²) < 4.78 is 61.3. The molecule has 0 heterocycles. The maximum absolute atomic E-state index is 13.5. The van der Waals surface area contributed by atoms with Crippen molar-refractivity contribution in [2.45, 2.75) is 16.7 Å². The van der Waals surface area contributed by atoms with Crippen LogP contribution < -0.4 is 19.1 Å². The normalized spacial score (nSPS) is 11.4. The third kappa shape index (κ3) is 6.95. The largest absolute Gasteiger partial charge is 0.494 e. The Balaban J connectivity index is 1.51. The Morgan fingerprint density at radius 2 is 1.28 bits per heavy atom. The van der Waals surface area contributed by atoms with E-state index < -0.39 is 32.5 Å². The van der Waals surface area contributed by atoms with E-state index in [-0.39, 0.29) is 9.79 Å². The molecule has 39 heavy (non-hydrogen) atoms. The van der Waals surface area contributed by atoms with Crippen LogP contribution in [-0.4, -0.2) is 35.9 Å². The first kappa shape index (κ1) is 27.7. The Morgan fingerprint density at radius 1 is 0.718 bits per heavy atom. The van der Waals surface area contributed by atoms with Gasteiger partial charge in [-0.05, 0) is 79.7 Å². The second-order valence-corrected chi connectivity index (χ2v) is 11.8. The minimum absolute atomic E-state index is 0.00285. The highest BCUT2D eigenvalue weighted by Crippen LogP contribution is 2.25. The molecule has 0 spiro atoms. The van der Waals surface area contributed by atoms with Gasteiger partial charge in [0.2, 0.25) is 5.91 Å². The zero-order valence-corrected chi connectivity index (χ0v) is 22.7. The van der Waals surface area contributed by atoms with Gasteiger partial charge in [-0.2, -0.15) is 0 Å². The first-order valence-electron chi connectivity index (χ1n) is 12.0. The lowest BCUT2D eigenvalue weighted by Crippen LogP contribution is -2.38. The molecule has 4 aromatic carbocycles. The zero-order chi connectivity index (χ0) is 27.9. The number of amides is 1. The number of carbonyl (C=O) groups excluding carboxylic acids is 1. The molecule has 0 aliphatic heterocycles. The summed E-state index contributed by atoms with van der Waals surface area (Å²) in [5, 5.41) is 2.64. The van der Waals surface area contributed by atoms with Crippen molar-refractivity contribution in [2.24, 2.45) is 0 Å². The van der Waals surface area contributed by atoms with Crippen LogP contribution in [0.1, 0.15) is 6.92 Å². The molecule has 0 aromatic heterocycles. The maximum atomic E-state index is 13.5. The second kappa shape index (κ2) is 12.0. The molecule has 9 nitrogen and oxygen atoms in total. The Morgan fingerprint density at radius 3 is 1.87 bits per heavy atom. The molecule has 0 unspecified atom stereocenters. The summed E-state index contributed by atoms with van der Waals surface area (Å²) in [7, 11) is -7.93. The van der Waals surface area contributed by atoms with Crippen LogP contribution in [0.5, 0.6) is 5.75 Å². The quantitative estimate of drug-likeness (QED) is 0.271. The van der Waals surface area contributed by atoms with E-state index in [1.807, 2.05) is 6.92 Å². The van der Waals surface area contributed by atoms with Crippen molar-refractivity contribution < 1.29 is 26.4 Å². The number of nitrogens with one attached hydrogen (secondary N) is 2. The van der Waals surface area contributed by atoms with E-state index in [1.165, 1.54) is 36.4 Å². The maximum Gasteiger partial charge on any atom is 0.264 e. The third-order valence-electron chi connectivity index (χ3n) is 5.53. The highest BCUT2D eigenvalue weighted by Gasteiger charge is 2.27. The molecule has 0 saturated heterocycles. The SMILES string of the molecule is CCOc1ccc(S(=O)(=O)N(CC(=O)Nc2ccc(S(=O)(=O)Nc3ccccc3)cc2)c2ccccc2)cc1. The number of nitrogens with zero attached hydrogens (tertiary/aromatic N) is 1. The average molecular weight is 566 g/mol. The summed E-state index contributed by atoms with van der Waals surface area (Å²) in [6.07, 6.45) is 0. The molecule has 0 atom stereocenters. The Kier molecular flexibility index (Phi) is 8.52. The molecular weight excluding hydrogens is 538 g/mol. The molecule has 0 fully saturated rings. The number of anilines is 3. The van der Waals surface area contributed by atoms with Crippen LogP contribution in [0.25, 0.3) is 0 Å². The molecule has 0 radical (unpaired) electrons. The van der Waals surface area contributed by atoms with Crippen LogP contribution in [0, 0.1) is 0 Å². The number of ether oxygens (including phenoxy) is 1. The molecule has 4 aromatic rings. The summed E-state index contributed by atoms with van der Waals surface area (Å²) in [5.74, 6) is -0.0729. The number of hydrogen-bond donors (Lipinski definition) is 2. The summed E-state index contributed by atoms with van der Waals surface area (Å²) in [6, 6.07) is 28.3. The minimum Gasteiger partial charge on any atom is -0.494 e. The van der Waals surface area contributed by atoms with Gasteiger partial charge < -0.3 is 10.1 Å². The molecule has 0 saturated carbocycles. The van der Waals surface area contributed by atoms with Crippen molar-refractivity contribution in [3.63, 3.8) is 0 Å². The summed E-state index contributed by atoms with van der Waals surface area (Å²) >= 11 is 0. The highest BCUT2D eigenvalue weighted by atomic mass is 32.2. The fourth-order valence-corrected chi connectivity index (χ4v) is 6.16. The molecule has 0 aliphatic carbocycles. The summed E-state index contributed by atoms with van der Waals surface area (Å²) in [5.41, 5.74) is 1.05. The molecule has 202 valence electrons. The van der Waals surface area contributed by atoms with E-state index in [9.17, 15) is 21.6 Å². The predicted octanol–water partition coefficient (Wildman–Crippen LogP) is 4.72. The van der Waals surface area contributed by atoms with E-state index in [4.69, 9.17) is 4.74 Å². The van der Waals surface area contributed by atoms with Crippen LogP contribution in [-0.2, 0) is 24.8 Å². The van der Waals surface area contributed by atoms with Crippen LogP contribution in [0.15, 0.2) is 119 Å². The van der Waals surface area contributed by atoms with Crippen LogP contribution >= 0.6 is 0 Å². The monoisotopic (exact) mass is 565 g/mol. The van der Waals surface area contributed by atoms with Crippen LogP contribution in [0.3, 0.4) is 0 Å². The second-order valence-electron chi connectivity index (χ2n) is 8.30. The van der Waals surface area contributed by atoms with E-state index >= 15 is 0 Å². The van der Waals surface area contributed by atoms with Crippen molar-refractivity contribution in [3.05, 3.63) is 109 Å². The lowest BCUT2D eigenvalue weighted by atomic mass is 10.3. The Bertz CT molecular complexity index is 1610. The molecular formula is C28H27N3O6S2. The number of para-hydroxylation sites is 2. The van der Waals surface area contributed by atoms with E-state index in [1.54, 1.807) is 72.8 Å². The van der Waals surface area contributed by atoms with Crippen molar-refractivity contribution in [2.75, 3.05) is 27.5 Å². The lowest BCUT2D eigenvalue weighted by Gasteiger charge is -2.24. The first-order valence-corrected chi connectivity index (χ1v) is 14.9. The Labute approximate surface area is 228 Å². The molecule has 11 heteroatoms. The van der Waals surface area contributed by atoms with Gasteiger partial charge in [-0.3, -0.25) is 13.8 Å². The number of benzene rings is 4. The molecule has 0 bridgehead atoms. The van der Waals surface area contributed by atoms with Gasteiger partial charge in [0.1, 0.15) is 12.3 Å². The highest BCUT2D eigenvalue weighted by molar-refractivity contribution is 7.93. The fourth-order valence-electron chi connectivity index (χ4n) is 3.68. The number of carbonyl (C=O) groups is 1. The van der Waals surface area contributed by atoms with Gasteiger partial charge in [0.05, 0.1) is 22.1 Å². The topological polar surface area (TPSA) is 122 Å². The fraction of sp³-hybridized carbons (Fsp3) is 0.107. The van der Waals surface area contributed by atoms with Crippen molar-refractivity contribution in [3.8, 4) is 5.75 Å². The molecule has 4 rings (SSSR count). The average Bonchev–Trinajstić information content (AvgIpc) is 2.93. The van der Waals surface area contributed by atoms with Crippen LogP contribution in [0.2, 0.25) is 0 Å². The molecule has 1 amide bonds. The number of rotatable bonds is 11. The van der Waals surface area contributed by atoms with Gasteiger partial charge in [0.15, 0.2) is 0 Å². The summed E-state index contributed by atoms with van der Waals surface area (Å²) in [6.45, 7) is 1.77. The van der Waals surface area contributed by atoms with Gasteiger partial charge in [0.25, 0.3) is 20.0 Å². The third-order valence-corrected chi connectivity index (χ3v) is 8.71. The van der Waals surface area contributed by atoms with Crippen molar-refractivity contribution in [1.82, 2.24) is 0 Å². The standard InChI is InChI=1S/C28H27N3O6S2/c1-2-37-25-15-19-27(20-16-25)39(35,36)31(24-11-7-4-8-12-24)21-28(32)29-22-13-17-26(18-14-22)38(33,34)30-23-9-5-3-6-10-23/h3-20,30H,2,21H2,1H3,(H,29,32). The Hall–Kier alpha value is -4.35. The number of hydrogen-bond acceptors (Lipinski definition) is 6. The zero-order valence-electron chi connectivity index (χ0n) is 21.0. The molecule has 0 aliphatic rings. The first-order chi connectivity index (χ1) is 18.7. The van der Waals surface area contributed by atoms with Gasteiger partial charge in [-0.15, -0.1) is 0 Å².